The number of esters is 1. The molecule has 1 saturated heterocycles. The zero-order valence-electron chi connectivity index (χ0n) is 17.3. The first-order chi connectivity index (χ1) is 13.8. The van der Waals surface area contributed by atoms with E-state index in [2.05, 4.69) is 0 Å². The minimum absolute atomic E-state index is 0.0139. The number of hydrogen-bond donors (Lipinski definition) is 0. The van der Waals surface area contributed by atoms with Crippen LogP contribution in [0.2, 0.25) is 0 Å². The first-order valence-corrected chi connectivity index (χ1v) is 9.95. The fourth-order valence-corrected chi connectivity index (χ4v) is 3.81. The lowest BCUT2D eigenvalue weighted by molar-refractivity contribution is -0.156. The number of nitrogens with zero attached hydrogens (tertiary/aromatic N) is 2. The second-order valence-corrected chi connectivity index (χ2v) is 7.83. The average molecular weight is 404 g/mol. The third-order valence-electron chi connectivity index (χ3n) is 5.03. The quantitative estimate of drug-likeness (QED) is 0.674. The van der Waals surface area contributed by atoms with Gasteiger partial charge in [0.05, 0.1) is 5.92 Å². The Bertz CT molecular complexity index is 783. The van der Waals surface area contributed by atoms with Gasteiger partial charge in [0.2, 0.25) is 5.91 Å². The Morgan fingerprint density at radius 3 is 2.45 bits per heavy atom. The molecule has 0 aromatic heterocycles. The molecular formula is C21H28N2O6. The van der Waals surface area contributed by atoms with Crippen LogP contribution >= 0.6 is 0 Å². The smallest absolute Gasteiger partial charge is 0.311 e. The molecule has 2 aliphatic heterocycles. The van der Waals surface area contributed by atoms with Gasteiger partial charge in [0.15, 0.2) is 18.1 Å². The van der Waals surface area contributed by atoms with Crippen molar-refractivity contribution >= 4 is 23.5 Å². The van der Waals surface area contributed by atoms with E-state index < -0.39 is 11.9 Å². The summed E-state index contributed by atoms with van der Waals surface area (Å²) < 4.78 is 16.3. The van der Waals surface area contributed by atoms with Crippen molar-refractivity contribution in [3.63, 3.8) is 0 Å². The summed E-state index contributed by atoms with van der Waals surface area (Å²) in [6, 6.07) is 5.30. The number of ether oxygens (including phenoxy) is 3. The number of benzene rings is 1. The monoisotopic (exact) mass is 404 g/mol. The molecule has 158 valence electrons. The summed E-state index contributed by atoms with van der Waals surface area (Å²) in [4.78, 5) is 40.5. The molecule has 8 nitrogen and oxygen atoms in total. The van der Waals surface area contributed by atoms with Crippen LogP contribution in [0.15, 0.2) is 18.2 Å². The van der Waals surface area contributed by atoms with Gasteiger partial charge in [-0.25, -0.2) is 0 Å². The fraction of sp³-hybridized carbons (Fsp3) is 0.571. The van der Waals surface area contributed by atoms with E-state index in [4.69, 9.17) is 14.2 Å². The third kappa shape index (κ3) is 4.63. The van der Waals surface area contributed by atoms with Crippen molar-refractivity contribution in [3.05, 3.63) is 18.2 Å². The molecular weight excluding hydrogens is 376 g/mol. The SMILES string of the molecule is CC(C)N(C(=O)COC(=O)[C@@H]1CC(=O)N(c2ccc3c(c2)OCCO3)C1)C(C)C. The minimum Gasteiger partial charge on any atom is -0.486 e. The standard InChI is InChI=1S/C21H28N2O6/c1-13(2)23(14(3)4)20(25)12-29-21(26)15-9-19(24)22(11-15)16-5-6-17-18(10-16)28-8-7-27-17/h5-6,10,13-15H,7-9,11-12H2,1-4H3/t15-/m1/s1. The molecule has 29 heavy (non-hydrogen) atoms. The lowest BCUT2D eigenvalue weighted by Crippen LogP contribution is -2.44. The highest BCUT2D eigenvalue weighted by molar-refractivity contribution is 6.00. The Morgan fingerprint density at radius 2 is 1.79 bits per heavy atom. The average Bonchev–Trinajstić information content (AvgIpc) is 3.07. The lowest BCUT2D eigenvalue weighted by atomic mass is 10.1. The van der Waals surface area contributed by atoms with Crippen LogP contribution in [0.4, 0.5) is 5.69 Å². The number of hydrogen-bond acceptors (Lipinski definition) is 6. The van der Waals surface area contributed by atoms with Crippen molar-refractivity contribution in [2.24, 2.45) is 5.92 Å². The van der Waals surface area contributed by atoms with Crippen LogP contribution in [-0.2, 0) is 19.1 Å². The number of amides is 2. The van der Waals surface area contributed by atoms with Crippen LogP contribution in [0, 0.1) is 5.92 Å². The molecule has 0 saturated carbocycles. The maximum atomic E-state index is 12.5. The van der Waals surface area contributed by atoms with Gasteiger partial charge in [-0.1, -0.05) is 0 Å². The second-order valence-electron chi connectivity index (χ2n) is 7.83. The fourth-order valence-electron chi connectivity index (χ4n) is 3.81. The van der Waals surface area contributed by atoms with Gasteiger partial charge in [0, 0.05) is 36.8 Å². The van der Waals surface area contributed by atoms with E-state index in [1.165, 1.54) is 0 Å². The Kier molecular flexibility index (Phi) is 6.30. The first-order valence-electron chi connectivity index (χ1n) is 9.95. The van der Waals surface area contributed by atoms with Gasteiger partial charge in [-0.3, -0.25) is 14.4 Å². The summed E-state index contributed by atoms with van der Waals surface area (Å²) in [6.45, 7) is 8.51. The van der Waals surface area contributed by atoms with Gasteiger partial charge in [-0.15, -0.1) is 0 Å². The van der Waals surface area contributed by atoms with Gasteiger partial charge in [0.25, 0.3) is 5.91 Å². The molecule has 0 N–H and O–H groups in total. The molecule has 2 aliphatic rings. The van der Waals surface area contributed by atoms with Gasteiger partial charge in [-0.05, 0) is 39.8 Å². The van der Waals surface area contributed by atoms with Crippen LogP contribution in [0.5, 0.6) is 11.5 Å². The minimum atomic E-state index is -0.602. The largest absolute Gasteiger partial charge is 0.486 e. The Labute approximate surface area is 170 Å². The van der Waals surface area contributed by atoms with Crippen molar-refractivity contribution < 1.29 is 28.6 Å². The van der Waals surface area contributed by atoms with Crippen LogP contribution in [-0.4, -0.2) is 61.1 Å². The van der Waals surface area contributed by atoms with Gasteiger partial charge < -0.3 is 24.0 Å². The summed E-state index contributed by atoms with van der Waals surface area (Å²) in [5.41, 5.74) is 0.649. The number of anilines is 1. The summed E-state index contributed by atoms with van der Waals surface area (Å²) in [7, 11) is 0. The van der Waals surface area contributed by atoms with Crippen molar-refractivity contribution in [3.8, 4) is 11.5 Å². The maximum absolute atomic E-state index is 12.5. The van der Waals surface area contributed by atoms with Crippen molar-refractivity contribution in [2.75, 3.05) is 31.3 Å². The topological polar surface area (TPSA) is 85.4 Å². The van der Waals surface area contributed by atoms with E-state index in [1.807, 2.05) is 27.7 Å². The first kappa shape index (κ1) is 21.0. The molecule has 0 spiro atoms. The number of carbonyl (C=O) groups excluding carboxylic acids is 3. The molecule has 2 heterocycles. The Hall–Kier alpha value is -2.77. The number of carbonyl (C=O) groups is 3. The molecule has 0 aliphatic carbocycles. The molecule has 2 amide bonds. The third-order valence-corrected chi connectivity index (χ3v) is 5.03. The number of rotatable bonds is 6. The predicted octanol–water partition coefficient (Wildman–Crippen LogP) is 2.00. The van der Waals surface area contributed by atoms with Crippen LogP contribution < -0.4 is 14.4 Å². The van der Waals surface area contributed by atoms with E-state index in [0.717, 1.165) is 0 Å². The highest BCUT2D eigenvalue weighted by atomic mass is 16.6. The second kappa shape index (κ2) is 8.71. The van der Waals surface area contributed by atoms with E-state index in [0.29, 0.717) is 30.4 Å². The maximum Gasteiger partial charge on any atom is 0.311 e. The Morgan fingerprint density at radius 1 is 1.14 bits per heavy atom. The normalized spacial score (nSPS) is 18.3. The number of fused-ring (bicyclic) bond motifs is 1. The predicted molar refractivity (Wildman–Crippen MR) is 106 cm³/mol. The molecule has 1 aromatic rings. The summed E-state index contributed by atoms with van der Waals surface area (Å²) in [5.74, 6) is -0.312. The molecule has 1 fully saturated rings. The van der Waals surface area contributed by atoms with Crippen LogP contribution in [0.25, 0.3) is 0 Å². The van der Waals surface area contributed by atoms with Gasteiger partial charge >= 0.3 is 5.97 Å². The Balaban J connectivity index is 1.60. The zero-order chi connectivity index (χ0) is 21.1. The summed E-state index contributed by atoms with van der Waals surface area (Å²) in [6.07, 6.45) is 0.0551. The molecule has 8 heteroatoms. The van der Waals surface area contributed by atoms with Crippen LogP contribution in [0.3, 0.4) is 0 Å². The van der Waals surface area contributed by atoms with Gasteiger partial charge in [-0.2, -0.15) is 0 Å². The van der Waals surface area contributed by atoms with E-state index in [1.54, 1.807) is 28.0 Å². The highest BCUT2D eigenvalue weighted by Gasteiger charge is 2.37. The molecule has 0 unspecified atom stereocenters. The summed E-state index contributed by atoms with van der Waals surface area (Å²) >= 11 is 0. The van der Waals surface area contributed by atoms with E-state index in [-0.39, 0.29) is 43.5 Å². The molecule has 1 atom stereocenters. The van der Waals surface area contributed by atoms with Crippen LogP contribution in [0.1, 0.15) is 34.1 Å². The zero-order valence-corrected chi connectivity index (χ0v) is 17.3. The van der Waals surface area contributed by atoms with Gasteiger partial charge in [0.1, 0.15) is 13.2 Å². The molecule has 1 aromatic carbocycles. The van der Waals surface area contributed by atoms with E-state index >= 15 is 0 Å². The van der Waals surface area contributed by atoms with E-state index in [9.17, 15) is 14.4 Å². The van der Waals surface area contributed by atoms with Crippen molar-refractivity contribution in [2.45, 2.75) is 46.2 Å². The molecule has 0 bridgehead atoms. The summed E-state index contributed by atoms with van der Waals surface area (Å²) in [5, 5.41) is 0. The molecule has 3 rings (SSSR count). The highest BCUT2D eigenvalue weighted by Crippen LogP contribution is 2.36. The molecule has 0 radical (unpaired) electrons. The van der Waals surface area contributed by atoms with Crippen molar-refractivity contribution in [1.29, 1.82) is 0 Å². The lowest BCUT2D eigenvalue weighted by Gasteiger charge is -2.30. The van der Waals surface area contributed by atoms with Crippen molar-refractivity contribution in [1.82, 2.24) is 4.90 Å².